The summed E-state index contributed by atoms with van der Waals surface area (Å²) in [6.45, 7) is 2.30. The van der Waals surface area contributed by atoms with Crippen molar-refractivity contribution in [1.82, 2.24) is 14.9 Å². The van der Waals surface area contributed by atoms with Gasteiger partial charge in [-0.05, 0) is 31.2 Å². The number of carbonyl (C=O) groups is 1. The van der Waals surface area contributed by atoms with E-state index in [1.807, 2.05) is 24.3 Å². The highest BCUT2D eigenvalue weighted by Crippen LogP contribution is 2.28. The molecule has 0 aliphatic carbocycles. The molecule has 3 aromatic rings. The summed E-state index contributed by atoms with van der Waals surface area (Å²) in [5.74, 6) is 2.58. The van der Waals surface area contributed by atoms with E-state index in [0.29, 0.717) is 0 Å². The molecule has 0 saturated carbocycles. The molecule has 2 aromatic carbocycles. The zero-order chi connectivity index (χ0) is 16.9. The number of terminal acetylenes is 1. The average Bonchev–Trinajstić information content (AvgIpc) is 2.97. The summed E-state index contributed by atoms with van der Waals surface area (Å²) in [4.78, 5) is 16.5. The van der Waals surface area contributed by atoms with Crippen molar-refractivity contribution in [1.29, 1.82) is 0 Å². The van der Waals surface area contributed by atoms with E-state index < -0.39 is 0 Å². The maximum Gasteiger partial charge on any atom is 0.231 e. The molecule has 0 aliphatic rings. The number of para-hydroxylation sites is 2. The van der Waals surface area contributed by atoms with Gasteiger partial charge < -0.3 is 5.32 Å². The van der Waals surface area contributed by atoms with Crippen LogP contribution in [0.3, 0.4) is 0 Å². The summed E-state index contributed by atoms with van der Waals surface area (Å²) in [7, 11) is 0. The molecule has 0 atom stereocenters. The molecule has 0 fully saturated rings. The molecule has 0 saturated heterocycles. The third-order valence-corrected chi connectivity index (χ3v) is 4.48. The fraction of sp³-hybridized carbons (Fsp3) is 0.158. The number of rotatable bonds is 5. The SMILES string of the molecule is C#CCNC(=O)CSc1nc2ccccc2n1-c1ccc(C)cc1. The van der Waals surface area contributed by atoms with E-state index in [1.165, 1.54) is 17.3 Å². The number of aromatic nitrogens is 2. The summed E-state index contributed by atoms with van der Waals surface area (Å²) in [6.07, 6.45) is 5.16. The topological polar surface area (TPSA) is 46.9 Å². The van der Waals surface area contributed by atoms with Crippen LogP contribution in [0, 0.1) is 19.3 Å². The fourth-order valence-electron chi connectivity index (χ4n) is 2.37. The molecule has 1 aromatic heterocycles. The Morgan fingerprint density at radius 3 is 2.75 bits per heavy atom. The van der Waals surface area contributed by atoms with Crippen molar-refractivity contribution in [3.8, 4) is 18.0 Å². The van der Waals surface area contributed by atoms with Gasteiger partial charge in [-0.25, -0.2) is 4.98 Å². The van der Waals surface area contributed by atoms with E-state index in [-0.39, 0.29) is 18.2 Å². The van der Waals surface area contributed by atoms with Crippen molar-refractivity contribution in [2.45, 2.75) is 12.1 Å². The van der Waals surface area contributed by atoms with Crippen LogP contribution < -0.4 is 5.32 Å². The molecule has 1 N–H and O–H groups in total. The molecule has 0 aliphatic heterocycles. The summed E-state index contributed by atoms with van der Waals surface area (Å²) < 4.78 is 2.08. The Kier molecular flexibility index (Phi) is 4.88. The van der Waals surface area contributed by atoms with E-state index in [0.717, 1.165) is 21.9 Å². The number of fused-ring (bicyclic) bond motifs is 1. The van der Waals surface area contributed by atoms with Gasteiger partial charge in [-0.3, -0.25) is 9.36 Å². The zero-order valence-electron chi connectivity index (χ0n) is 13.3. The highest BCUT2D eigenvalue weighted by molar-refractivity contribution is 7.99. The van der Waals surface area contributed by atoms with Gasteiger partial charge in [0.05, 0.1) is 23.3 Å². The van der Waals surface area contributed by atoms with Gasteiger partial charge in [0.25, 0.3) is 0 Å². The van der Waals surface area contributed by atoms with Crippen LogP contribution in [0.25, 0.3) is 16.7 Å². The van der Waals surface area contributed by atoms with Crippen LogP contribution in [0.1, 0.15) is 5.56 Å². The molecule has 1 heterocycles. The Morgan fingerprint density at radius 2 is 2.00 bits per heavy atom. The summed E-state index contributed by atoms with van der Waals surface area (Å²) >= 11 is 1.40. The molecular weight excluding hydrogens is 318 g/mol. The number of benzene rings is 2. The van der Waals surface area contributed by atoms with E-state index in [9.17, 15) is 4.79 Å². The molecule has 0 spiro atoms. The lowest BCUT2D eigenvalue weighted by Gasteiger charge is -2.09. The number of thioether (sulfide) groups is 1. The van der Waals surface area contributed by atoms with E-state index >= 15 is 0 Å². The molecule has 24 heavy (non-hydrogen) atoms. The molecule has 0 unspecified atom stereocenters. The number of nitrogens with zero attached hydrogens (tertiary/aromatic N) is 2. The Labute approximate surface area is 145 Å². The van der Waals surface area contributed by atoms with Crippen LogP contribution in [-0.2, 0) is 4.79 Å². The summed E-state index contributed by atoms with van der Waals surface area (Å²) in [6, 6.07) is 16.2. The lowest BCUT2D eigenvalue weighted by Crippen LogP contribution is -2.25. The van der Waals surface area contributed by atoms with Gasteiger partial charge in [0.2, 0.25) is 5.91 Å². The highest BCUT2D eigenvalue weighted by atomic mass is 32.2. The standard InChI is InChI=1S/C19H17N3OS/c1-3-12-20-18(23)13-24-19-21-16-6-4-5-7-17(16)22(19)15-10-8-14(2)9-11-15/h1,4-11H,12-13H2,2H3,(H,20,23). The largest absolute Gasteiger partial charge is 0.344 e. The number of nitrogens with one attached hydrogen (secondary N) is 1. The van der Waals surface area contributed by atoms with E-state index in [2.05, 4.69) is 52.0 Å². The fourth-order valence-corrected chi connectivity index (χ4v) is 3.23. The van der Waals surface area contributed by atoms with Gasteiger partial charge in [0.1, 0.15) is 0 Å². The predicted octanol–water partition coefficient (Wildman–Crippen LogP) is 3.18. The Balaban J connectivity index is 1.95. The second kappa shape index (κ2) is 7.24. The first-order valence-electron chi connectivity index (χ1n) is 7.56. The van der Waals surface area contributed by atoms with Gasteiger partial charge in [-0.2, -0.15) is 0 Å². The minimum Gasteiger partial charge on any atom is -0.344 e. The molecule has 0 radical (unpaired) electrons. The number of imidazole rings is 1. The molecule has 1 amide bonds. The number of amides is 1. The second-order valence-electron chi connectivity index (χ2n) is 5.32. The number of hydrogen-bond donors (Lipinski definition) is 1. The predicted molar refractivity (Wildman–Crippen MR) is 98.4 cm³/mol. The van der Waals surface area contributed by atoms with Crippen LogP contribution in [0.5, 0.6) is 0 Å². The van der Waals surface area contributed by atoms with Crippen molar-refractivity contribution in [2.24, 2.45) is 0 Å². The third-order valence-electron chi connectivity index (χ3n) is 3.54. The monoisotopic (exact) mass is 335 g/mol. The minimum atomic E-state index is -0.0968. The Morgan fingerprint density at radius 1 is 1.25 bits per heavy atom. The minimum absolute atomic E-state index is 0.0968. The first-order chi connectivity index (χ1) is 11.7. The number of aryl methyl sites for hydroxylation is 1. The molecule has 4 nitrogen and oxygen atoms in total. The maximum absolute atomic E-state index is 11.8. The normalized spacial score (nSPS) is 10.5. The Bertz CT molecular complexity index is 907. The van der Waals surface area contributed by atoms with Crippen LogP contribution in [0.15, 0.2) is 53.7 Å². The molecule has 0 bridgehead atoms. The Hall–Kier alpha value is -2.71. The van der Waals surface area contributed by atoms with Crippen LogP contribution in [-0.4, -0.2) is 27.8 Å². The van der Waals surface area contributed by atoms with Gasteiger partial charge in [-0.15, -0.1) is 6.42 Å². The van der Waals surface area contributed by atoms with Crippen molar-refractivity contribution < 1.29 is 4.79 Å². The van der Waals surface area contributed by atoms with Crippen molar-refractivity contribution >= 4 is 28.7 Å². The maximum atomic E-state index is 11.8. The van der Waals surface area contributed by atoms with E-state index in [4.69, 9.17) is 6.42 Å². The zero-order valence-corrected chi connectivity index (χ0v) is 14.1. The van der Waals surface area contributed by atoms with Gasteiger partial charge in [0, 0.05) is 5.69 Å². The first-order valence-corrected chi connectivity index (χ1v) is 8.55. The highest BCUT2D eigenvalue weighted by Gasteiger charge is 2.14. The second-order valence-corrected chi connectivity index (χ2v) is 6.27. The van der Waals surface area contributed by atoms with Crippen LogP contribution in [0.2, 0.25) is 0 Å². The smallest absolute Gasteiger partial charge is 0.231 e. The van der Waals surface area contributed by atoms with Gasteiger partial charge in [-0.1, -0.05) is 47.5 Å². The third kappa shape index (κ3) is 3.44. The molecule has 5 heteroatoms. The number of hydrogen-bond acceptors (Lipinski definition) is 3. The molecular formula is C19H17N3OS. The van der Waals surface area contributed by atoms with Crippen molar-refractivity contribution in [2.75, 3.05) is 12.3 Å². The van der Waals surface area contributed by atoms with Crippen molar-refractivity contribution in [3.63, 3.8) is 0 Å². The summed E-state index contributed by atoms with van der Waals surface area (Å²) in [5.41, 5.74) is 4.16. The van der Waals surface area contributed by atoms with Crippen LogP contribution in [0.4, 0.5) is 0 Å². The quantitative estimate of drug-likeness (QED) is 0.575. The lowest BCUT2D eigenvalue weighted by molar-refractivity contribution is -0.118. The van der Waals surface area contributed by atoms with Crippen LogP contribution >= 0.6 is 11.8 Å². The number of carbonyl (C=O) groups excluding carboxylic acids is 1. The van der Waals surface area contributed by atoms with Gasteiger partial charge in [0.15, 0.2) is 5.16 Å². The summed E-state index contributed by atoms with van der Waals surface area (Å²) in [5, 5.41) is 3.46. The first kappa shape index (κ1) is 16.2. The van der Waals surface area contributed by atoms with E-state index in [1.54, 1.807) is 0 Å². The average molecular weight is 335 g/mol. The lowest BCUT2D eigenvalue weighted by atomic mass is 10.2. The van der Waals surface area contributed by atoms with Gasteiger partial charge >= 0.3 is 0 Å². The molecule has 3 rings (SSSR count). The van der Waals surface area contributed by atoms with Crippen molar-refractivity contribution in [3.05, 3.63) is 54.1 Å². The molecule has 120 valence electrons.